The Bertz CT molecular complexity index is 1450. The molecule has 5 rings (SSSR count). The number of likely N-dealkylation sites (tertiary alicyclic amines) is 1. The lowest BCUT2D eigenvalue weighted by Crippen LogP contribution is -2.55. The third-order valence-electron chi connectivity index (χ3n) is 7.02. The monoisotopic (exact) mass is 563 g/mol. The number of amidine groups is 1. The lowest BCUT2D eigenvalue weighted by atomic mass is 9.90. The van der Waals surface area contributed by atoms with Crippen molar-refractivity contribution in [1.29, 1.82) is 5.41 Å². The van der Waals surface area contributed by atoms with Crippen molar-refractivity contribution in [3.05, 3.63) is 42.4 Å². The molecule has 2 saturated heterocycles. The van der Waals surface area contributed by atoms with Crippen LogP contribution in [0, 0.1) is 10.8 Å². The molecule has 0 bridgehead atoms. The van der Waals surface area contributed by atoms with E-state index in [0.29, 0.717) is 48.6 Å². The quantitative estimate of drug-likeness (QED) is 0.237. The number of aromatic nitrogens is 4. The van der Waals surface area contributed by atoms with Crippen LogP contribution in [0.1, 0.15) is 27.2 Å². The van der Waals surface area contributed by atoms with Crippen molar-refractivity contribution >= 4 is 34.8 Å². The van der Waals surface area contributed by atoms with Gasteiger partial charge in [0.05, 0.1) is 43.6 Å². The summed E-state index contributed by atoms with van der Waals surface area (Å²) in [4.78, 5) is 27.3. The zero-order valence-corrected chi connectivity index (χ0v) is 24.0. The highest BCUT2D eigenvalue weighted by atomic mass is 16.5. The number of allylic oxidation sites excluding steroid dienone is 1. The van der Waals surface area contributed by atoms with E-state index >= 15 is 0 Å². The van der Waals surface area contributed by atoms with Crippen molar-refractivity contribution in [2.24, 2.45) is 12.5 Å². The third-order valence-corrected chi connectivity index (χ3v) is 7.02. The number of carbonyl (C=O) groups excluding carboxylic acids is 1. The first kappa shape index (κ1) is 28.3. The highest BCUT2D eigenvalue weighted by molar-refractivity contribution is 6.01. The van der Waals surface area contributed by atoms with Gasteiger partial charge in [-0.15, -0.1) is 0 Å². The number of aryl methyl sites for hydroxylation is 1. The zero-order valence-electron chi connectivity index (χ0n) is 24.0. The molecule has 13 nitrogen and oxygen atoms in total. The topological polar surface area (TPSA) is 152 Å². The Hall–Kier alpha value is -4.23. The number of anilines is 2. The lowest BCUT2D eigenvalue weighted by molar-refractivity contribution is -0.00467. The zero-order chi connectivity index (χ0) is 29.1. The number of ether oxygens (including phenoxy) is 3. The standard InChI is InChI=1S/C28H37N9O4/c1-28(2,3)22(32-17-7-9-40-16-17)12-23(29)33-26-35-25-21(36(26)4)10-19(13-31-25)41-18-6-8-30-24(11-18)34-27(38)37-14-20(15-37)39-5/h6,8,10-13,17,20,32H,7,9,14-16H2,1-5H3,(H,30,34,38)(H2,29,31,33,35)/b22-12-/t17-/m1/s1. The van der Waals surface area contributed by atoms with Crippen LogP contribution in [0.15, 0.2) is 42.4 Å². The summed E-state index contributed by atoms with van der Waals surface area (Å²) in [5.74, 6) is 2.06. The number of rotatable bonds is 8. The van der Waals surface area contributed by atoms with Crippen LogP contribution in [0.4, 0.5) is 16.6 Å². The molecule has 218 valence electrons. The second-order valence-electron chi connectivity index (χ2n) is 11.2. The number of amides is 2. The maximum Gasteiger partial charge on any atom is 0.323 e. The van der Waals surface area contributed by atoms with Crippen LogP contribution in [0.5, 0.6) is 11.5 Å². The van der Waals surface area contributed by atoms with Gasteiger partial charge in [0.1, 0.15) is 23.2 Å². The number of hydrogen-bond donors (Lipinski definition) is 4. The lowest BCUT2D eigenvalue weighted by Gasteiger charge is -2.37. The normalized spacial score (nSPS) is 17.8. The van der Waals surface area contributed by atoms with Gasteiger partial charge in [0.15, 0.2) is 5.65 Å². The number of hydrogen-bond acceptors (Lipinski definition) is 9. The summed E-state index contributed by atoms with van der Waals surface area (Å²) >= 11 is 0. The first-order valence-corrected chi connectivity index (χ1v) is 13.6. The first-order chi connectivity index (χ1) is 19.6. The smallest absolute Gasteiger partial charge is 0.323 e. The minimum atomic E-state index is -0.237. The van der Waals surface area contributed by atoms with Gasteiger partial charge >= 0.3 is 6.03 Å². The molecule has 0 aliphatic carbocycles. The van der Waals surface area contributed by atoms with Gasteiger partial charge in [-0.1, -0.05) is 20.8 Å². The fourth-order valence-electron chi connectivity index (χ4n) is 4.48. The van der Waals surface area contributed by atoms with Gasteiger partial charge < -0.3 is 34.3 Å². The molecule has 3 aromatic rings. The van der Waals surface area contributed by atoms with Crippen molar-refractivity contribution < 1.29 is 19.0 Å². The average molecular weight is 564 g/mol. The number of urea groups is 1. The number of pyridine rings is 2. The molecule has 2 aliphatic rings. The molecule has 41 heavy (non-hydrogen) atoms. The van der Waals surface area contributed by atoms with E-state index in [1.54, 1.807) is 42.6 Å². The van der Waals surface area contributed by atoms with Crippen LogP contribution in [-0.2, 0) is 16.5 Å². The molecule has 3 aromatic heterocycles. The Morgan fingerprint density at radius 3 is 2.71 bits per heavy atom. The first-order valence-electron chi connectivity index (χ1n) is 13.6. The summed E-state index contributed by atoms with van der Waals surface area (Å²) in [6.45, 7) is 8.84. The summed E-state index contributed by atoms with van der Waals surface area (Å²) < 4.78 is 18.6. The summed E-state index contributed by atoms with van der Waals surface area (Å²) in [5.41, 5.74) is 2.03. The predicted molar refractivity (Wildman–Crippen MR) is 155 cm³/mol. The average Bonchev–Trinajstić information content (AvgIpc) is 3.51. The van der Waals surface area contributed by atoms with Crippen molar-refractivity contribution in [1.82, 2.24) is 29.7 Å². The molecule has 2 amide bonds. The summed E-state index contributed by atoms with van der Waals surface area (Å²) in [6.07, 6.45) is 5.97. The summed E-state index contributed by atoms with van der Waals surface area (Å²) in [7, 11) is 3.48. The molecule has 0 spiro atoms. The van der Waals surface area contributed by atoms with Crippen LogP contribution in [0.25, 0.3) is 11.2 Å². The van der Waals surface area contributed by atoms with Crippen LogP contribution < -0.4 is 20.7 Å². The second kappa shape index (κ2) is 11.7. The fraction of sp³-hybridized carbons (Fsp3) is 0.464. The van der Waals surface area contributed by atoms with E-state index in [9.17, 15) is 4.79 Å². The highest BCUT2D eigenvalue weighted by Crippen LogP contribution is 2.28. The van der Waals surface area contributed by atoms with Gasteiger partial charge in [-0.3, -0.25) is 10.7 Å². The van der Waals surface area contributed by atoms with E-state index in [2.05, 4.69) is 51.7 Å². The summed E-state index contributed by atoms with van der Waals surface area (Å²) in [6, 6.07) is 5.18. The SMILES string of the molecule is COC1CN(C(=O)Nc2cc(Oc3cnc4nc(NC(=N)/C=C(\N[C@@H]5CCOC5)C(C)(C)C)n(C)c4c3)ccn2)C1. The van der Waals surface area contributed by atoms with Crippen molar-refractivity contribution in [2.75, 3.05) is 44.0 Å². The van der Waals surface area contributed by atoms with Crippen molar-refractivity contribution in [2.45, 2.75) is 39.3 Å². The Labute approximate surface area is 238 Å². The molecule has 0 aromatic carbocycles. The second-order valence-corrected chi connectivity index (χ2v) is 11.2. The molecule has 5 heterocycles. The van der Waals surface area contributed by atoms with E-state index in [4.69, 9.17) is 19.6 Å². The van der Waals surface area contributed by atoms with Crippen LogP contribution in [-0.4, -0.2) is 81.8 Å². The van der Waals surface area contributed by atoms with E-state index in [-0.39, 0.29) is 29.4 Å². The molecule has 2 aliphatic heterocycles. The van der Waals surface area contributed by atoms with Crippen LogP contribution >= 0.6 is 0 Å². The molecule has 4 N–H and O–H groups in total. The largest absolute Gasteiger partial charge is 0.455 e. The van der Waals surface area contributed by atoms with Crippen molar-refractivity contribution in [3.63, 3.8) is 0 Å². The molecular weight excluding hydrogens is 526 g/mol. The number of fused-ring (bicyclic) bond motifs is 1. The fourth-order valence-corrected chi connectivity index (χ4v) is 4.48. The van der Waals surface area contributed by atoms with E-state index in [0.717, 1.165) is 24.2 Å². The Balaban J connectivity index is 1.26. The highest BCUT2D eigenvalue weighted by Gasteiger charge is 2.30. The maximum atomic E-state index is 12.4. The van der Waals surface area contributed by atoms with Gasteiger partial charge in [-0.25, -0.2) is 14.8 Å². The molecule has 1 atom stereocenters. The summed E-state index contributed by atoms with van der Waals surface area (Å²) in [5, 5.41) is 18.0. The van der Waals surface area contributed by atoms with Crippen LogP contribution in [0.3, 0.4) is 0 Å². The van der Waals surface area contributed by atoms with Gasteiger partial charge in [0, 0.05) is 50.2 Å². The van der Waals surface area contributed by atoms with Gasteiger partial charge in [0.2, 0.25) is 5.95 Å². The molecule has 0 saturated carbocycles. The van der Waals surface area contributed by atoms with Gasteiger partial charge in [-0.05, 0) is 18.6 Å². The molecular formula is C28H37N9O4. The van der Waals surface area contributed by atoms with Gasteiger partial charge in [-0.2, -0.15) is 4.98 Å². The third kappa shape index (κ3) is 6.74. The van der Waals surface area contributed by atoms with E-state index in [1.165, 1.54) is 0 Å². The number of nitrogens with zero attached hydrogens (tertiary/aromatic N) is 5. The van der Waals surface area contributed by atoms with Crippen LogP contribution in [0.2, 0.25) is 0 Å². The molecule has 2 fully saturated rings. The van der Waals surface area contributed by atoms with E-state index in [1.807, 2.05) is 17.7 Å². The van der Waals surface area contributed by atoms with E-state index < -0.39 is 0 Å². The number of nitrogens with one attached hydrogen (secondary N) is 4. The minimum absolute atomic E-state index is 0.0747. The van der Waals surface area contributed by atoms with Crippen molar-refractivity contribution in [3.8, 4) is 11.5 Å². The number of carbonyl (C=O) groups is 1. The predicted octanol–water partition coefficient (Wildman–Crippen LogP) is 3.72. The number of imidazole rings is 1. The number of methoxy groups -OCH3 is 1. The molecule has 13 heteroatoms. The molecule has 0 unspecified atom stereocenters. The minimum Gasteiger partial charge on any atom is -0.455 e. The Morgan fingerprint density at radius 1 is 1.20 bits per heavy atom. The molecule has 0 radical (unpaired) electrons. The Kier molecular flexibility index (Phi) is 8.08. The van der Waals surface area contributed by atoms with Gasteiger partial charge in [0.25, 0.3) is 0 Å². The Morgan fingerprint density at radius 2 is 2.00 bits per heavy atom. The maximum absolute atomic E-state index is 12.4.